The molecule has 3 heterocycles. The molecular formula is C13H12N2O3S. The highest BCUT2D eigenvalue weighted by Gasteiger charge is 2.19. The minimum absolute atomic E-state index is 0.0869. The van der Waals surface area contributed by atoms with Gasteiger partial charge in [0.05, 0.1) is 23.4 Å². The lowest BCUT2D eigenvalue weighted by molar-refractivity contribution is 0.0525. The van der Waals surface area contributed by atoms with E-state index in [9.17, 15) is 9.59 Å². The number of thioether (sulfide) groups is 1. The number of hydrogen-bond donors (Lipinski definition) is 0. The van der Waals surface area contributed by atoms with Gasteiger partial charge in [0.1, 0.15) is 5.65 Å². The number of aromatic nitrogens is 2. The summed E-state index contributed by atoms with van der Waals surface area (Å²) < 4.78 is 6.36. The summed E-state index contributed by atoms with van der Waals surface area (Å²) >= 11 is 1.68. The summed E-state index contributed by atoms with van der Waals surface area (Å²) in [5.41, 5.74) is 2.45. The number of nitrogens with zero attached hydrogens (tertiary/aromatic N) is 2. The molecule has 0 aliphatic carbocycles. The number of pyridine rings is 1. The molecule has 0 saturated carbocycles. The monoisotopic (exact) mass is 276 g/mol. The minimum Gasteiger partial charge on any atom is -0.462 e. The van der Waals surface area contributed by atoms with Crippen LogP contribution in [0, 0.1) is 0 Å². The second-order valence-corrected chi connectivity index (χ2v) is 5.19. The van der Waals surface area contributed by atoms with Gasteiger partial charge in [0, 0.05) is 17.7 Å². The zero-order valence-corrected chi connectivity index (χ0v) is 11.2. The Morgan fingerprint density at radius 1 is 1.47 bits per heavy atom. The fourth-order valence-corrected chi connectivity index (χ4v) is 3.10. The van der Waals surface area contributed by atoms with Gasteiger partial charge in [-0.2, -0.15) is 11.8 Å². The maximum atomic E-state index is 12.3. The molecule has 0 amide bonds. The molecule has 1 aliphatic rings. The average molecular weight is 276 g/mol. The lowest BCUT2D eigenvalue weighted by Crippen LogP contribution is -2.21. The van der Waals surface area contributed by atoms with Crippen LogP contribution in [0.2, 0.25) is 0 Å². The molecule has 0 fully saturated rings. The molecule has 98 valence electrons. The summed E-state index contributed by atoms with van der Waals surface area (Å²) in [4.78, 5) is 28.4. The molecule has 19 heavy (non-hydrogen) atoms. The first kappa shape index (κ1) is 12.2. The molecule has 2 aromatic rings. The molecule has 2 aromatic heterocycles. The van der Waals surface area contributed by atoms with Crippen LogP contribution < -0.4 is 5.56 Å². The van der Waals surface area contributed by atoms with Crippen molar-refractivity contribution in [3.8, 4) is 0 Å². The maximum absolute atomic E-state index is 12.3. The first-order valence-corrected chi connectivity index (χ1v) is 7.15. The average Bonchev–Trinajstić information content (AvgIpc) is 2.87. The molecule has 0 radical (unpaired) electrons. The quantitative estimate of drug-likeness (QED) is 0.780. The van der Waals surface area contributed by atoms with Crippen molar-refractivity contribution < 1.29 is 9.53 Å². The molecule has 3 rings (SSSR count). The molecule has 6 heteroatoms. The highest BCUT2D eigenvalue weighted by Crippen LogP contribution is 2.25. The Morgan fingerprint density at radius 3 is 3.11 bits per heavy atom. The van der Waals surface area contributed by atoms with Gasteiger partial charge >= 0.3 is 5.97 Å². The van der Waals surface area contributed by atoms with Gasteiger partial charge in [0.25, 0.3) is 5.56 Å². The highest BCUT2D eigenvalue weighted by atomic mass is 32.2. The number of esters is 1. The minimum atomic E-state index is -0.425. The molecule has 0 unspecified atom stereocenters. The molecule has 0 atom stereocenters. The van der Waals surface area contributed by atoms with Gasteiger partial charge in [-0.25, -0.2) is 9.78 Å². The van der Waals surface area contributed by atoms with E-state index in [0.717, 1.165) is 17.0 Å². The predicted octanol–water partition coefficient (Wildman–Crippen LogP) is 1.62. The summed E-state index contributed by atoms with van der Waals surface area (Å²) in [5, 5.41) is 0. The van der Waals surface area contributed by atoms with Gasteiger partial charge in [-0.3, -0.25) is 9.20 Å². The van der Waals surface area contributed by atoms with Crippen LogP contribution in [-0.4, -0.2) is 22.0 Å². The van der Waals surface area contributed by atoms with Crippen molar-refractivity contribution in [2.45, 2.75) is 18.4 Å². The van der Waals surface area contributed by atoms with Crippen LogP contribution in [0.3, 0.4) is 0 Å². The van der Waals surface area contributed by atoms with E-state index >= 15 is 0 Å². The van der Waals surface area contributed by atoms with Gasteiger partial charge in [0.2, 0.25) is 0 Å². The standard InChI is InChI=1S/C13H12N2O3S/c1-2-18-13(17)8-3-4-11-14-10-7-19-6-9(10)12(16)15(11)5-8/h3-5H,2,6-7H2,1H3. The van der Waals surface area contributed by atoms with Crippen LogP contribution in [0.4, 0.5) is 0 Å². The van der Waals surface area contributed by atoms with Crippen molar-refractivity contribution in [1.82, 2.24) is 9.38 Å². The number of fused-ring (bicyclic) bond motifs is 2. The van der Waals surface area contributed by atoms with Gasteiger partial charge in [-0.05, 0) is 19.1 Å². The second-order valence-electron chi connectivity index (χ2n) is 4.20. The largest absolute Gasteiger partial charge is 0.462 e. The third-order valence-corrected chi connectivity index (χ3v) is 3.97. The molecule has 0 spiro atoms. The topological polar surface area (TPSA) is 60.7 Å². The van der Waals surface area contributed by atoms with E-state index < -0.39 is 5.97 Å². The summed E-state index contributed by atoms with van der Waals surface area (Å²) in [5.74, 6) is 1.04. The number of carbonyl (C=O) groups excluding carboxylic acids is 1. The van der Waals surface area contributed by atoms with Crippen molar-refractivity contribution in [3.05, 3.63) is 45.5 Å². The van der Waals surface area contributed by atoms with E-state index in [-0.39, 0.29) is 5.56 Å². The first-order valence-electron chi connectivity index (χ1n) is 5.99. The Bertz CT molecular complexity index is 724. The van der Waals surface area contributed by atoms with E-state index in [1.165, 1.54) is 10.6 Å². The lowest BCUT2D eigenvalue weighted by Gasteiger charge is -2.06. The van der Waals surface area contributed by atoms with Gasteiger partial charge in [-0.15, -0.1) is 0 Å². The molecule has 0 aromatic carbocycles. The van der Waals surface area contributed by atoms with E-state index in [4.69, 9.17) is 4.74 Å². The van der Waals surface area contributed by atoms with E-state index in [1.54, 1.807) is 30.8 Å². The van der Waals surface area contributed by atoms with Crippen LogP contribution in [-0.2, 0) is 16.2 Å². The summed E-state index contributed by atoms with van der Waals surface area (Å²) in [6.45, 7) is 2.06. The Hall–Kier alpha value is -1.82. The van der Waals surface area contributed by atoms with E-state index in [0.29, 0.717) is 23.6 Å². The van der Waals surface area contributed by atoms with Gasteiger partial charge in [0.15, 0.2) is 0 Å². The lowest BCUT2D eigenvalue weighted by atomic mass is 10.2. The molecule has 0 saturated heterocycles. The van der Waals surface area contributed by atoms with Crippen molar-refractivity contribution in [2.24, 2.45) is 0 Å². The van der Waals surface area contributed by atoms with E-state index in [2.05, 4.69) is 4.98 Å². The normalized spacial score (nSPS) is 13.5. The molecule has 0 N–H and O–H groups in total. The Morgan fingerprint density at radius 2 is 2.32 bits per heavy atom. The van der Waals surface area contributed by atoms with Gasteiger partial charge in [-0.1, -0.05) is 0 Å². The molecule has 1 aliphatic heterocycles. The van der Waals surface area contributed by atoms with Crippen molar-refractivity contribution in [2.75, 3.05) is 6.61 Å². The summed E-state index contributed by atoms with van der Waals surface area (Å²) in [7, 11) is 0. The van der Waals surface area contributed by atoms with Crippen LogP contribution >= 0.6 is 11.8 Å². The fraction of sp³-hybridized carbons (Fsp3) is 0.308. The van der Waals surface area contributed by atoms with Crippen LogP contribution in [0.15, 0.2) is 23.1 Å². The van der Waals surface area contributed by atoms with Crippen LogP contribution in [0.1, 0.15) is 28.5 Å². The zero-order valence-electron chi connectivity index (χ0n) is 10.4. The zero-order chi connectivity index (χ0) is 13.4. The summed E-state index contributed by atoms with van der Waals surface area (Å²) in [6.07, 6.45) is 1.51. The smallest absolute Gasteiger partial charge is 0.339 e. The number of rotatable bonds is 2. The van der Waals surface area contributed by atoms with Gasteiger partial charge < -0.3 is 4.74 Å². The van der Waals surface area contributed by atoms with Crippen LogP contribution in [0.5, 0.6) is 0 Å². The SMILES string of the molecule is CCOC(=O)c1ccc2nc3c(c(=O)n2c1)CSC3. The fourth-order valence-electron chi connectivity index (χ4n) is 2.07. The number of hydrogen-bond acceptors (Lipinski definition) is 5. The highest BCUT2D eigenvalue weighted by molar-refractivity contribution is 7.98. The predicted molar refractivity (Wildman–Crippen MR) is 72.4 cm³/mol. The second kappa shape index (κ2) is 4.70. The van der Waals surface area contributed by atoms with Crippen molar-refractivity contribution >= 4 is 23.4 Å². The maximum Gasteiger partial charge on any atom is 0.339 e. The summed E-state index contributed by atoms with van der Waals surface area (Å²) in [6, 6.07) is 3.31. The Kier molecular flexibility index (Phi) is 3.02. The Balaban J connectivity index is 2.18. The molecular weight excluding hydrogens is 264 g/mol. The van der Waals surface area contributed by atoms with E-state index in [1.807, 2.05) is 0 Å². The number of ether oxygens (including phenoxy) is 1. The van der Waals surface area contributed by atoms with Crippen molar-refractivity contribution in [1.29, 1.82) is 0 Å². The number of carbonyl (C=O) groups is 1. The van der Waals surface area contributed by atoms with Crippen molar-refractivity contribution in [3.63, 3.8) is 0 Å². The third-order valence-electron chi connectivity index (χ3n) is 3.00. The Labute approximate surface area is 113 Å². The molecule has 0 bridgehead atoms. The molecule has 5 nitrogen and oxygen atoms in total. The first-order chi connectivity index (χ1) is 9.20. The van der Waals surface area contributed by atoms with Crippen LogP contribution in [0.25, 0.3) is 5.65 Å². The third kappa shape index (κ3) is 2.02.